The number of carbonyl (C=O) groups is 3. The summed E-state index contributed by atoms with van der Waals surface area (Å²) in [5, 5.41) is 0. The molecule has 0 radical (unpaired) electrons. The predicted octanol–water partition coefficient (Wildman–Crippen LogP) is 4.91. The van der Waals surface area contributed by atoms with E-state index >= 15 is 0 Å². The van der Waals surface area contributed by atoms with Crippen LogP contribution in [0.15, 0.2) is 30.3 Å². The van der Waals surface area contributed by atoms with E-state index in [1.165, 1.54) is 5.56 Å². The van der Waals surface area contributed by atoms with Gasteiger partial charge in [0, 0.05) is 56.7 Å². The third-order valence-electron chi connectivity index (χ3n) is 10.3. The number of imide groups is 1. The van der Waals surface area contributed by atoms with Crippen LogP contribution in [0.25, 0.3) is 0 Å². The van der Waals surface area contributed by atoms with Gasteiger partial charge >= 0.3 is 6.03 Å². The van der Waals surface area contributed by atoms with Crippen LogP contribution in [0.1, 0.15) is 84.6 Å². The zero-order valence-corrected chi connectivity index (χ0v) is 26.8. The lowest BCUT2D eigenvalue weighted by atomic mass is 9.79. The highest BCUT2D eigenvalue weighted by molar-refractivity contribution is 6.07. The number of rotatable bonds is 6. The minimum atomic E-state index is -0.751. The van der Waals surface area contributed by atoms with E-state index in [4.69, 9.17) is 4.74 Å². The summed E-state index contributed by atoms with van der Waals surface area (Å²) in [5.41, 5.74) is 0.518. The summed E-state index contributed by atoms with van der Waals surface area (Å²) in [7, 11) is 0. The van der Waals surface area contributed by atoms with Crippen LogP contribution >= 0.6 is 12.4 Å². The summed E-state index contributed by atoms with van der Waals surface area (Å²) < 4.78 is 5.58. The number of halogens is 1. The third-order valence-corrected chi connectivity index (χ3v) is 10.3. The first-order valence-corrected chi connectivity index (χ1v) is 15.8. The first kappa shape index (κ1) is 31.3. The van der Waals surface area contributed by atoms with E-state index in [1.807, 2.05) is 18.7 Å². The lowest BCUT2D eigenvalue weighted by Crippen LogP contribution is -2.62. The lowest BCUT2D eigenvalue weighted by Gasteiger charge is -2.48. The van der Waals surface area contributed by atoms with Crippen LogP contribution in [0.2, 0.25) is 0 Å². The van der Waals surface area contributed by atoms with Gasteiger partial charge in [-0.2, -0.15) is 0 Å². The quantitative estimate of drug-likeness (QED) is 0.434. The molecule has 1 aromatic rings. The monoisotopic (exact) mass is 600 g/mol. The fourth-order valence-corrected chi connectivity index (χ4v) is 8.64. The maximum atomic E-state index is 14.2. The topological polar surface area (TPSA) is 73.4 Å². The molecule has 9 heteroatoms. The Bertz CT molecular complexity index is 1150. The number of piperidine rings is 1. The number of fused-ring (bicyclic) bond motifs is 2. The van der Waals surface area contributed by atoms with Crippen LogP contribution in [0, 0.1) is 11.3 Å². The molecule has 5 aliphatic heterocycles. The molecule has 5 heterocycles. The molecule has 8 nitrogen and oxygen atoms in total. The fraction of sp³-hybridized carbons (Fsp3) is 0.727. The molecule has 2 bridgehead atoms. The SMILES string of the molecule is CC(C)N1C(=O)N(C2CCOC2)C(=O)C12CC1CCC(C2)N1C[C@H]1CN(C(=O)CC(C)(C)C)C[C@@H]1c1ccccc1.Cl. The van der Waals surface area contributed by atoms with Crippen molar-refractivity contribution < 1.29 is 19.1 Å². The van der Waals surface area contributed by atoms with Crippen LogP contribution in [0.3, 0.4) is 0 Å². The molecular weight excluding hydrogens is 552 g/mol. The standard InChI is InChI=1S/C33H48N4O4.ClH/c1-22(2)37-31(40)36(27-13-14-41-21-27)30(39)33(37)15-25-11-12-26(16-33)35(25)19-24-18-34(29(38)17-32(3,4)5)20-28(24)23-9-7-6-8-10-23;/h6-10,22,24-28H,11-21H2,1-5H3;1H/t24-,25?,26?,27?,28-,33?;/m1./s1. The van der Waals surface area contributed by atoms with E-state index in [1.54, 1.807) is 4.90 Å². The normalized spacial score (nSPS) is 33.4. The summed E-state index contributed by atoms with van der Waals surface area (Å²) in [5.74, 6) is 0.896. The van der Waals surface area contributed by atoms with Gasteiger partial charge in [0.05, 0.1) is 12.6 Å². The Labute approximate surface area is 257 Å². The largest absolute Gasteiger partial charge is 0.379 e. The Balaban J connectivity index is 0.00000353. The number of ether oxygens (including phenoxy) is 1. The number of benzene rings is 1. The van der Waals surface area contributed by atoms with Crippen LogP contribution < -0.4 is 0 Å². The van der Waals surface area contributed by atoms with E-state index in [-0.39, 0.29) is 59.8 Å². The van der Waals surface area contributed by atoms with Crippen molar-refractivity contribution in [3.8, 4) is 0 Å². The van der Waals surface area contributed by atoms with E-state index < -0.39 is 5.54 Å². The molecule has 6 rings (SSSR count). The van der Waals surface area contributed by atoms with Gasteiger partial charge in [0.1, 0.15) is 5.54 Å². The second kappa shape index (κ2) is 11.7. The fourth-order valence-electron chi connectivity index (χ4n) is 8.64. The molecule has 42 heavy (non-hydrogen) atoms. The summed E-state index contributed by atoms with van der Waals surface area (Å²) in [6.07, 6.45) is 4.80. The van der Waals surface area contributed by atoms with Gasteiger partial charge in [-0.3, -0.25) is 19.4 Å². The Hall–Kier alpha value is -2.16. The maximum Gasteiger partial charge on any atom is 0.328 e. The van der Waals surface area contributed by atoms with Gasteiger partial charge in [-0.25, -0.2) is 4.79 Å². The van der Waals surface area contributed by atoms with Gasteiger partial charge in [0.25, 0.3) is 5.91 Å². The molecule has 3 unspecified atom stereocenters. The molecule has 0 aliphatic carbocycles. The maximum absolute atomic E-state index is 14.2. The Morgan fingerprint density at radius 2 is 1.67 bits per heavy atom. The summed E-state index contributed by atoms with van der Waals surface area (Å²) in [4.78, 5) is 49.5. The van der Waals surface area contributed by atoms with E-state index in [9.17, 15) is 14.4 Å². The molecule has 0 N–H and O–H groups in total. The highest BCUT2D eigenvalue weighted by Gasteiger charge is 2.64. The van der Waals surface area contributed by atoms with Crippen molar-refractivity contribution in [2.45, 2.75) is 109 Å². The van der Waals surface area contributed by atoms with Crippen LogP contribution in [0.4, 0.5) is 4.79 Å². The van der Waals surface area contributed by atoms with Crippen molar-refractivity contribution in [3.63, 3.8) is 0 Å². The Morgan fingerprint density at radius 1 is 1.00 bits per heavy atom. The minimum Gasteiger partial charge on any atom is -0.379 e. The van der Waals surface area contributed by atoms with Crippen molar-refractivity contribution in [2.75, 3.05) is 32.8 Å². The van der Waals surface area contributed by atoms with Crippen LogP contribution in [0.5, 0.6) is 0 Å². The second-order valence-corrected chi connectivity index (χ2v) is 14.8. The zero-order chi connectivity index (χ0) is 29.1. The summed E-state index contributed by atoms with van der Waals surface area (Å²) in [6.45, 7) is 14.0. The Morgan fingerprint density at radius 3 is 2.24 bits per heavy atom. The number of likely N-dealkylation sites (tertiary alicyclic amines) is 1. The molecule has 1 aromatic carbocycles. The van der Waals surface area contributed by atoms with E-state index in [0.29, 0.717) is 44.3 Å². The van der Waals surface area contributed by atoms with E-state index in [0.717, 1.165) is 38.9 Å². The second-order valence-electron chi connectivity index (χ2n) is 14.8. The van der Waals surface area contributed by atoms with Crippen LogP contribution in [-0.2, 0) is 14.3 Å². The van der Waals surface area contributed by atoms with Crippen molar-refractivity contribution in [3.05, 3.63) is 35.9 Å². The van der Waals surface area contributed by atoms with Gasteiger partial charge in [0.15, 0.2) is 0 Å². The molecule has 5 atom stereocenters. The molecule has 0 saturated carbocycles. The summed E-state index contributed by atoms with van der Waals surface area (Å²) >= 11 is 0. The lowest BCUT2D eigenvalue weighted by molar-refractivity contribution is -0.139. The number of hydrogen-bond donors (Lipinski definition) is 0. The smallest absolute Gasteiger partial charge is 0.328 e. The van der Waals surface area contributed by atoms with E-state index in [2.05, 4.69) is 60.9 Å². The Kier molecular flexibility index (Phi) is 8.74. The van der Waals surface area contributed by atoms with Crippen molar-refractivity contribution in [1.29, 1.82) is 0 Å². The van der Waals surface area contributed by atoms with Crippen molar-refractivity contribution in [2.24, 2.45) is 11.3 Å². The number of urea groups is 1. The molecule has 1 spiro atoms. The zero-order valence-electron chi connectivity index (χ0n) is 26.0. The van der Waals surface area contributed by atoms with Gasteiger partial charge in [-0.1, -0.05) is 51.1 Å². The molecule has 0 aromatic heterocycles. The molecule has 5 aliphatic rings. The highest BCUT2D eigenvalue weighted by Crippen LogP contribution is 2.50. The number of carbonyl (C=O) groups excluding carboxylic acids is 3. The predicted molar refractivity (Wildman–Crippen MR) is 164 cm³/mol. The van der Waals surface area contributed by atoms with Crippen LogP contribution in [-0.4, -0.2) is 100.0 Å². The average molecular weight is 601 g/mol. The average Bonchev–Trinajstić information content (AvgIpc) is 3.66. The molecule has 5 saturated heterocycles. The molecule has 5 fully saturated rings. The van der Waals surface area contributed by atoms with Gasteiger partial charge in [-0.05, 0) is 62.8 Å². The minimum absolute atomic E-state index is 0. The third kappa shape index (κ3) is 5.48. The van der Waals surface area contributed by atoms with Gasteiger partial charge in [0.2, 0.25) is 5.91 Å². The highest BCUT2D eigenvalue weighted by atomic mass is 35.5. The van der Waals surface area contributed by atoms with Gasteiger partial charge in [-0.15, -0.1) is 12.4 Å². The van der Waals surface area contributed by atoms with Crippen molar-refractivity contribution >= 4 is 30.3 Å². The number of hydrogen-bond acceptors (Lipinski definition) is 5. The van der Waals surface area contributed by atoms with Gasteiger partial charge < -0.3 is 14.5 Å². The first-order valence-electron chi connectivity index (χ1n) is 15.8. The molecule has 232 valence electrons. The number of nitrogens with zero attached hydrogens (tertiary/aromatic N) is 4. The molecular formula is C33H49ClN4O4. The first-order chi connectivity index (χ1) is 19.5. The van der Waals surface area contributed by atoms with Crippen molar-refractivity contribution in [1.82, 2.24) is 19.6 Å². The summed E-state index contributed by atoms with van der Waals surface area (Å²) in [6, 6.07) is 10.9. The molecule has 4 amide bonds. The number of amides is 4.